The Kier molecular flexibility index (Phi) is 6.74. The largest absolute Gasteiger partial charge is 0.497 e. The molecule has 0 saturated heterocycles. The molecule has 0 atom stereocenters. The minimum absolute atomic E-state index is 0.145. The Morgan fingerprint density at radius 2 is 1.70 bits per heavy atom. The number of hydrogen-bond donors (Lipinski definition) is 2. The number of rotatable bonds is 9. The van der Waals surface area contributed by atoms with Crippen molar-refractivity contribution in [2.45, 2.75) is 17.7 Å². The summed E-state index contributed by atoms with van der Waals surface area (Å²) in [5.41, 5.74) is 4.41. The number of sulfonamides is 1. The Balaban J connectivity index is 1.32. The third-order valence-electron chi connectivity index (χ3n) is 5.88. The van der Waals surface area contributed by atoms with E-state index in [1.165, 1.54) is 7.11 Å². The third kappa shape index (κ3) is 5.39. The van der Waals surface area contributed by atoms with Crippen LogP contribution in [0.2, 0.25) is 0 Å². The first kappa shape index (κ1) is 24.3. The number of fused-ring (bicyclic) bond motifs is 1. The van der Waals surface area contributed by atoms with Gasteiger partial charge < -0.3 is 14.5 Å². The van der Waals surface area contributed by atoms with Crippen molar-refractivity contribution >= 4 is 26.9 Å². The quantitative estimate of drug-likeness (QED) is 0.294. The number of aromatic nitrogens is 4. The molecule has 2 N–H and O–H groups in total. The number of pyridine rings is 2. The molecule has 5 aromatic rings. The maximum Gasteiger partial charge on any atom is 0.262 e. The minimum atomic E-state index is -3.78. The van der Waals surface area contributed by atoms with Crippen molar-refractivity contribution in [1.82, 2.24) is 19.9 Å². The summed E-state index contributed by atoms with van der Waals surface area (Å²) in [6.45, 7) is 0. The summed E-state index contributed by atoms with van der Waals surface area (Å²) in [7, 11) is -0.659. The summed E-state index contributed by atoms with van der Waals surface area (Å²) in [6, 6.07) is 19.2. The van der Waals surface area contributed by atoms with E-state index in [0.29, 0.717) is 29.9 Å². The van der Waals surface area contributed by atoms with E-state index in [9.17, 15) is 8.42 Å². The summed E-state index contributed by atoms with van der Waals surface area (Å²) < 4.78 is 38.9. The number of anilines is 1. The van der Waals surface area contributed by atoms with E-state index >= 15 is 0 Å². The van der Waals surface area contributed by atoms with Crippen LogP contribution < -0.4 is 14.2 Å². The molecule has 0 spiro atoms. The molecule has 3 aromatic heterocycles. The summed E-state index contributed by atoms with van der Waals surface area (Å²) in [6.07, 6.45) is 4.85. The predicted molar refractivity (Wildman–Crippen MR) is 141 cm³/mol. The summed E-state index contributed by atoms with van der Waals surface area (Å²) in [5, 5.41) is 0. The lowest BCUT2D eigenvalue weighted by atomic mass is 10.1. The highest BCUT2D eigenvalue weighted by Crippen LogP contribution is 2.28. The van der Waals surface area contributed by atoms with Crippen LogP contribution in [0.4, 0.5) is 5.69 Å². The van der Waals surface area contributed by atoms with E-state index in [-0.39, 0.29) is 4.90 Å². The van der Waals surface area contributed by atoms with Crippen LogP contribution in [0.15, 0.2) is 84.0 Å². The molecule has 0 unspecified atom stereocenters. The second-order valence-electron chi connectivity index (χ2n) is 8.30. The van der Waals surface area contributed by atoms with Gasteiger partial charge in [-0.1, -0.05) is 24.3 Å². The summed E-state index contributed by atoms with van der Waals surface area (Å²) in [4.78, 5) is 16.9. The first-order chi connectivity index (χ1) is 17.9. The number of H-pyrrole nitrogens is 1. The summed E-state index contributed by atoms with van der Waals surface area (Å²) >= 11 is 0. The van der Waals surface area contributed by atoms with Gasteiger partial charge in [0, 0.05) is 36.1 Å². The minimum Gasteiger partial charge on any atom is -0.497 e. The van der Waals surface area contributed by atoms with Crippen LogP contribution in [0.5, 0.6) is 11.5 Å². The number of aryl methyl sites for hydroxylation is 2. The zero-order valence-corrected chi connectivity index (χ0v) is 21.1. The van der Waals surface area contributed by atoms with Crippen LogP contribution in [-0.4, -0.2) is 42.6 Å². The summed E-state index contributed by atoms with van der Waals surface area (Å²) in [5.74, 6) is 2.03. The first-order valence-electron chi connectivity index (χ1n) is 11.5. The monoisotopic (exact) mass is 515 g/mol. The van der Waals surface area contributed by atoms with E-state index in [0.717, 1.165) is 33.9 Å². The smallest absolute Gasteiger partial charge is 0.262 e. The van der Waals surface area contributed by atoms with Gasteiger partial charge >= 0.3 is 0 Å². The zero-order valence-electron chi connectivity index (χ0n) is 20.3. The van der Waals surface area contributed by atoms with Crippen molar-refractivity contribution in [2.75, 3.05) is 18.9 Å². The molecule has 0 aliphatic heterocycles. The van der Waals surface area contributed by atoms with Gasteiger partial charge in [-0.05, 0) is 48.4 Å². The Labute approximate surface area is 214 Å². The number of methoxy groups -OCH3 is 2. The van der Waals surface area contributed by atoms with Crippen LogP contribution in [0.3, 0.4) is 0 Å². The van der Waals surface area contributed by atoms with Crippen molar-refractivity contribution in [3.8, 4) is 22.6 Å². The second kappa shape index (κ2) is 10.3. The van der Waals surface area contributed by atoms with Gasteiger partial charge in [0.2, 0.25) is 0 Å². The van der Waals surface area contributed by atoms with Crippen molar-refractivity contribution in [1.29, 1.82) is 0 Å². The Morgan fingerprint density at radius 3 is 2.49 bits per heavy atom. The molecule has 0 fully saturated rings. The molecule has 37 heavy (non-hydrogen) atoms. The molecular formula is C27H25N5O4S. The molecule has 0 radical (unpaired) electrons. The molecule has 0 saturated carbocycles. The maximum absolute atomic E-state index is 12.9. The average molecular weight is 516 g/mol. The Morgan fingerprint density at radius 1 is 0.892 bits per heavy atom. The maximum atomic E-state index is 12.9. The topological polar surface area (TPSA) is 119 Å². The van der Waals surface area contributed by atoms with Gasteiger partial charge in [0.25, 0.3) is 10.0 Å². The van der Waals surface area contributed by atoms with Crippen molar-refractivity contribution < 1.29 is 17.9 Å². The van der Waals surface area contributed by atoms with Crippen molar-refractivity contribution in [3.05, 3.63) is 90.6 Å². The SMILES string of the molecule is COc1ccnc(CCc2nc3ncc(-c4ccc(S(=O)(=O)Nc5ccccc5OC)cc4)cc3[nH]2)c1. The molecule has 5 rings (SSSR count). The molecule has 0 aliphatic carbocycles. The van der Waals surface area contributed by atoms with Gasteiger partial charge in [0.15, 0.2) is 5.65 Å². The number of nitrogens with one attached hydrogen (secondary N) is 2. The van der Waals surface area contributed by atoms with E-state index in [1.807, 2.05) is 18.2 Å². The van der Waals surface area contributed by atoms with Gasteiger partial charge in [-0.3, -0.25) is 9.71 Å². The van der Waals surface area contributed by atoms with Gasteiger partial charge in [-0.2, -0.15) is 0 Å². The van der Waals surface area contributed by atoms with Gasteiger partial charge in [-0.25, -0.2) is 18.4 Å². The third-order valence-corrected chi connectivity index (χ3v) is 7.26. The number of imidazole rings is 1. The first-order valence-corrected chi connectivity index (χ1v) is 13.0. The number of nitrogens with zero attached hydrogens (tertiary/aromatic N) is 3. The lowest BCUT2D eigenvalue weighted by Gasteiger charge is -2.12. The van der Waals surface area contributed by atoms with E-state index in [4.69, 9.17) is 9.47 Å². The molecule has 3 heterocycles. The lowest BCUT2D eigenvalue weighted by Crippen LogP contribution is -2.13. The number of para-hydroxylation sites is 2. The van der Waals surface area contributed by atoms with Crippen molar-refractivity contribution in [2.24, 2.45) is 0 Å². The molecule has 9 nitrogen and oxygen atoms in total. The molecule has 188 valence electrons. The van der Waals surface area contributed by atoms with Crippen LogP contribution in [0, 0.1) is 0 Å². The standard InChI is InChI=1S/C27H25N5O4S/c1-35-21-13-14-28-20(16-21)9-12-26-30-24-15-19(17-29-27(24)31-26)18-7-10-22(11-8-18)37(33,34)32-23-5-3-4-6-25(23)36-2/h3-8,10-11,13-17,32H,9,12H2,1-2H3,(H,29,30,31). The molecule has 2 aromatic carbocycles. The van der Waals surface area contributed by atoms with Gasteiger partial charge in [0.05, 0.1) is 30.3 Å². The normalized spacial score (nSPS) is 11.4. The molecule has 0 amide bonds. The highest BCUT2D eigenvalue weighted by atomic mass is 32.2. The molecular weight excluding hydrogens is 490 g/mol. The zero-order chi connectivity index (χ0) is 25.8. The average Bonchev–Trinajstić information content (AvgIpc) is 3.34. The highest BCUT2D eigenvalue weighted by molar-refractivity contribution is 7.92. The fourth-order valence-electron chi connectivity index (χ4n) is 3.95. The van der Waals surface area contributed by atoms with E-state index in [2.05, 4.69) is 24.7 Å². The van der Waals surface area contributed by atoms with Crippen LogP contribution >= 0.6 is 0 Å². The van der Waals surface area contributed by atoms with E-state index in [1.54, 1.807) is 68.0 Å². The fraction of sp³-hybridized carbons (Fsp3) is 0.148. The van der Waals surface area contributed by atoms with Gasteiger partial charge in [-0.15, -0.1) is 0 Å². The van der Waals surface area contributed by atoms with Crippen LogP contribution in [-0.2, 0) is 22.9 Å². The molecule has 10 heteroatoms. The number of ether oxygens (including phenoxy) is 2. The number of hydrogen-bond acceptors (Lipinski definition) is 7. The Bertz CT molecular complexity index is 1650. The van der Waals surface area contributed by atoms with Crippen LogP contribution in [0.1, 0.15) is 11.5 Å². The van der Waals surface area contributed by atoms with Crippen LogP contribution in [0.25, 0.3) is 22.3 Å². The van der Waals surface area contributed by atoms with E-state index < -0.39 is 10.0 Å². The second-order valence-corrected chi connectivity index (χ2v) is 9.98. The fourth-order valence-corrected chi connectivity index (χ4v) is 5.02. The van der Waals surface area contributed by atoms with Gasteiger partial charge in [0.1, 0.15) is 17.3 Å². The molecule has 0 aliphatic rings. The Hall–Kier alpha value is -4.44. The van der Waals surface area contributed by atoms with Crippen molar-refractivity contribution in [3.63, 3.8) is 0 Å². The predicted octanol–water partition coefficient (Wildman–Crippen LogP) is 4.62. The number of benzene rings is 2. The highest BCUT2D eigenvalue weighted by Gasteiger charge is 2.17. The number of aromatic amines is 1. The molecule has 0 bridgehead atoms. The lowest BCUT2D eigenvalue weighted by molar-refractivity contribution is 0.413.